The van der Waals surface area contributed by atoms with Gasteiger partial charge < -0.3 is 5.32 Å². The van der Waals surface area contributed by atoms with E-state index in [0.717, 1.165) is 20.1 Å². The fourth-order valence-electron chi connectivity index (χ4n) is 0.893. The molecule has 0 unspecified atom stereocenters. The number of nitrogens with one attached hydrogen (secondary N) is 1. The molecule has 13 heavy (non-hydrogen) atoms. The van der Waals surface area contributed by atoms with Crippen LogP contribution in [-0.2, 0) is 0 Å². The van der Waals surface area contributed by atoms with Crippen molar-refractivity contribution in [1.82, 2.24) is 5.32 Å². The van der Waals surface area contributed by atoms with Crippen molar-refractivity contribution in [2.24, 2.45) is 0 Å². The summed E-state index contributed by atoms with van der Waals surface area (Å²) < 4.78 is 2.02. The Morgan fingerprint density at radius 3 is 2.85 bits per heavy atom. The van der Waals surface area contributed by atoms with Crippen LogP contribution in [0, 0.1) is 3.57 Å². The molecule has 0 fully saturated rings. The fraction of sp³-hybridized carbons (Fsp3) is 0.222. The number of alkyl halides is 1. The summed E-state index contributed by atoms with van der Waals surface area (Å²) in [4.78, 5) is 11.4. The number of amides is 1. The molecule has 1 amide bonds. The summed E-state index contributed by atoms with van der Waals surface area (Å²) >= 11 is 4.43. The van der Waals surface area contributed by atoms with Crippen molar-refractivity contribution in [1.29, 1.82) is 0 Å². The van der Waals surface area contributed by atoms with Crippen molar-refractivity contribution >= 4 is 51.1 Å². The number of carbonyl (C=O) groups is 1. The predicted octanol–water partition coefficient (Wildman–Crippen LogP) is 2.46. The third-order valence-corrected chi connectivity index (χ3v) is 2.68. The molecule has 0 atom stereocenters. The zero-order valence-electron chi connectivity index (χ0n) is 6.89. The van der Waals surface area contributed by atoms with Gasteiger partial charge in [-0.2, -0.15) is 0 Å². The normalized spacial score (nSPS) is 9.69. The van der Waals surface area contributed by atoms with E-state index < -0.39 is 0 Å². The number of benzene rings is 1. The standard InChI is InChI=1S/C9H9I2NO/c10-4-5-12-9(13)7-2-1-3-8(11)6-7/h1-3,6H,4-5H2,(H,12,13). The summed E-state index contributed by atoms with van der Waals surface area (Å²) in [7, 11) is 0. The minimum absolute atomic E-state index is 0.00943. The lowest BCUT2D eigenvalue weighted by Crippen LogP contribution is -2.25. The summed E-state index contributed by atoms with van der Waals surface area (Å²) in [5.41, 5.74) is 0.733. The first kappa shape index (κ1) is 11.2. The third-order valence-electron chi connectivity index (χ3n) is 1.47. The van der Waals surface area contributed by atoms with Crippen LogP contribution in [0.25, 0.3) is 0 Å². The summed E-state index contributed by atoms with van der Waals surface area (Å²) in [6.07, 6.45) is 0. The van der Waals surface area contributed by atoms with Gasteiger partial charge in [-0.25, -0.2) is 0 Å². The summed E-state index contributed by atoms with van der Waals surface area (Å²) in [6.45, 7) is 0.727. The Labute approximate surface area is 105 Å². The van der Waals surface area contributed by atoms with Crippen molar-refractivity contribution in [2.75, 3.05) is 11.0 Å². The van der Waals surface area contributed by atoms with Gasteiger partial charge in [0.25, 0.3) is 5.91 Å². The van der Waals surface area contributed by atoms with E-state index in [2.05, 4.69) is 50.5 Å². The molecule has 0 radical (unpaired) electrons. The Morgan fingerprint density at radius 2 is 2.23 bits per heavy atom. The van der Waals surface area contributed by atoms with Crippen LogP contribution < -0.4 is 5.32 Å². The summed E-state index contributed by atoms with van der Waals surface area (Å²) in [6, 6.07) is 7.56. The van der Waals surface area contributed by atoms with Crippen LogP contribution in [0.5, 0.6) is 0 Å². The van der Waals surface area contributed by atoms with E-state index in [9.17, 15) is 4.79 Å². The van der Waals surface area contributed by atoms with Gasteiger partial charge in [0.15, 0.2) is 0 Å². The Bertz CT molecular complexity index is 301. The zero-order chi connectivity index (χ0) is 9.68. The lowest BCUT2D eigenvalue weighted by molar-refractivity contribution is 0.0956. The molecular weight excluding hydrogens is 392 g/mol. The minimum Gasteiger partial charge on any atom is -0.351 e. The van der Waals surface area contributed by atoms with Crippen LogP contribution in [-0.4, -0.2) is 16.9 Å². The zero-order valence-corrected chi connectivity index (χ0v) is 11.2. The van der Waals surface area contributed by atoms with Crippen LogP contribution in [0.1, 0.15) is 10.4 Å². The molecule has 0 heterocycles. The maximum atomic E-state index is 11.4. The smallest absolute Gasteiger partial charge is 0.251 e. The molecule has 70 valence electrons. The second kappa shape index (κ2) is 5.79. The van der Waals surface area contributed by atoms with Gasteiger partial charge in [0.05, 0.1) is 0 Å². The quantitative estimate of drug-likeness (QED) is 0.613. The SMILES string of the molecule is O=C(NCCI)c1cccc(I)c1. The van der Waals surface area contributed by atoms with Crippen LogP contribution in [0.3, 0.4) is 0 Å². The Morgan fingerprint density at radius 1 is 1.46 bits per heavy atom. The molecule has 0 saturated carbocycles. The lowest BCUT2D eigenvalue weighted by atomic mass is 10.2. The lowest BCUT2D eigenvalue weighted by Gasteiger charge is -2.02. The molecule has 1 aromatic carbocycles. The monoisotopic (exact) mass is 401 g/mol. The largest absolute Gasteiger partial charge is 0.351 e. The molecule has 0 spiro atoms. The van der Waals surface area contributed by atoms with Crippen molar-refractivity contribution in [3.63, 3.8) is 0 Å². The number of halogens is 2. The van der Waals surface area contributed by atoms with E-state index in [1.54, 1.807) is 0 Å². The molecule has 0 aromatic heterocycles. The van der Waals surface area contributed by atoms with E-state index >= 15 is 0 Å². The van der Waals surface area contributed by atoms with Crippen LogP contribution in [0.15, 0.2) is 24.3 Å². The van der Waals surface area contributed by atoms with Crippen LogP contribution in [0.4, 0.5) is 0 Å². The van der Waals surface area contributed by atoms with Gasteiger partial charge in [0, 0.05) is 20.1 Å². The molecule has 1 aromatic rings. The predicted molar refractivity (Wildman–Crippen MR) is 70.4 cm³/mol. The van der Waals surface area contributed by atoms with Gasteiger partial charge in [0.1, 0.15) is 0 Å². The van der Waals surface area contributed by atoms with Crippen molar-refractivity contribution in [3.05, 3.63) is 33.4 Å². The number of hydrogen-bond donors (Lipinski definition) is 1. The topological polar surface area (TPSA) is 29.1 Å². The number of rotatable bonds is 3. The van der Waals surface area contributed by atoms with E-state index in [-0.39, 0.29) is 5.91 Å². The highest BCUT2D eigenvalue weighted by Gasteiger charge is 2.03. The number of hydrogen-bond acceptors (Lipinski definition) is 1. The highest BCUT2D eigenvalue weighted by molar-refractivity contribution is 14.1. The Hall–Kier alpha value is 0.150. The molecule has 0 aliphatic carbocycles. The first-order valence-corrected chi connectivity index (χ1v) is 6.44. The minimum atomic E-state index is 0.00943. The van der Waals surface area contributed by atoms with Gasteiger partial charge in [-0.15, -0.1) is 0 Å². The molecule has 2 nitrogen and oxygen atoms in total. The molecule has 0 saturated heterocycles. The first-order valence-electron chi connectivity index (χ1n) is 3.84. The van der Waals surface area contributed by atoms with Crippen LogP contribution >= 0.6 is 45.2 Å². The second-order valence-corrected chi connectivity index (χ2v) is 4.78. The molecule has 1 N–H and O–H groups in total. The second-order valence-electron chi connectivity index (χ2n) is 2.46. The average Bonchev–Trinajstić information content (AvgIpc) is 2.14. The van der Waals surface area contributed by atoms with E-state index in [1.165, 1.54) is 0 Å². The molecule has 1 rings (SSSR count). The van der Waals surface area contributed by atoms with Crippen LogP contribution in [0.2, 0.25) is 0 Å². The summed E-state index contributed by atoms with van der Waals surface area (Å²) in [5.74, 6) is 0.00943. The van der Waals surface area contributed by atoms with E-state index in [0.29, 0.717) is 0 Å². The summed E-state index contributed by atoms with van der Waals surface area (Å²) in [5, 5.41) is 2.83. The van der Waals surface area contributed by atoms with Crippen molar-refractivity contribution in [3.8, 4) is 0 Å². The van der Waals surface area contributed by atoms with Crippen molar-refractivity contribution < 1.29 is 4.79 Å². The van der Waals surface area contributed by atoms with Gasteiger partial charge in [0.2, 0.25) is 0 Å². The van der Waals surface area contributed by atoms with Gasteiger partial charge in [-0.05, 0) is 40.8 Å². The number of carbonyl (C=O) groups excluding carboxylic acids is 1. The maximum Gasteiger partial charge on any atom is 0.251 e. The first-order chi connectivity index (χ1) is 6.24. The molecule has 0 bridgehead atoms. The Balaban J connectivity index is 2.66. The van der Waals surface area contributed by atoms with Gasteiger partial charge in [-0.3, -0.25) is 4.79 Å². The molecular formula is C9H9I2NO. The highest BCUT2D eigenvalue weighted by Crippen LogP contribution is 2.07. The fourth-order valence-corrected chi connectivity index (χ4v) is 1.71. The van der Waals surface area contributed by atoms with Crippen molar-refractivity contribution in [2.45, 2.75) is 0 Å². The van der Waals surface area contributed by atoms with E-state index in [1.807, 2.05) is 24.3 Å². The molecule has 4 heteroatoms. The highest BCUT2D eigenvalue weighted by atomic mass is 127. The average molecular weight is 401 g/mol. The van der Waals surface area contributed by atoms with Gasteiger partial charge >= 0.3 is 0 Å². The third kappa shape index (κ3) is 3.80. The van der Waals surface area contributed by atoms with Gasteiger partial charge in [-0.1, -0.05) is 28.7 Å². The molecule has 0 aliphatic rings. The Kier molecular flexibility index (Phi) is 5.00. The molecule has 0 aliphatic heterocycles. The van der Waals surface area contributed by atoms with E-state index in [4.69, 9.17) is 0 Å². The maximum absolute atomic E-state index is 11.4.